The van der Waals surface area contributed by atoms with Crippen molar-refractivity contribution in [1.29, 1.82) is 0 Å². The zero-order valence-corrected chi connectivity index (χ0v) is 15.9. The van der Waals surface area contributed by atoms with Crippen LogP contribution in [0.15, 0.2) is 6.33 Å². The number of likely N-dealkylation sites (N-methyl/N-ethyl adjacent to an activating group) is 1. The van der Waals surface area contributed by atoms with Crippen molar-refractivity contribution < 1.29 is 14.3 Å². The second kappa shape index (κ2) is 6.88. The van der Waals surface area contributed by atoms with Gasteiger partial charge in [-0.15, -0.1) is 0 Å². The summed E-state index contributed by atoms with van der Waals surface area (Å²) in [5.74, 6) is 0.727. The van der Waals surface area contributed by atoms with Crippen molar-refractivity contribution in [2.45, 2.75) is 45.3 Å². The minimum atomic E-state index is -0.0953. The van der Waals surface area contributed by atoms with E-state index in [4.69, 9.17) is 4.74 Å². The summed E-state index contributed by atoms with van der Waals surface area (Å²) in [6.07, 6.45) is 2.78. The number of ether oxygens (including phenoxy) is 1. The van der Waals surface area contributed by atoms with E-state index in [9.17, 15) is 9.59 Å². The lowest BCUT2D eigenvalue weighted by atomic mass is 10.1. The molecule has 2 aromatic heterocycles. The molecule has 2 saturated heterocycles. The van der Waals surface area contributed by atoms with E-state index in [2.05, 4.69) is 15.1 Å². The molecule has 0 unspecified atom stereocenters. The van der Waals surface area contributed by atoms with Gasteiger partial charge in [-0.1, -0.05) is 0 Å². The molecule has 0 bridgehead atoms. The molecule has 0 aromatic carbocycles. The third kappa shape index (κ3) is 3.16. The van der Waals surface area contributed by atoms with E-state index in [1.54, 1.807) is 16.5 Å². The van der Waals surface area contributed by atoms with Crippen molar-refractivity contribution in [2.75, 3.05) is 26.7 Å². The molecule has 0 saturated carbocycles. The topological polar surface area (TPSA) is 92.9 Å². The van der Waals surface area contributed by atoms with Gasteiger partial charge in [-0.05, 0) is 25.8 Å². The number of amides is 2. The van der Waals surface area contributed by atoms with Gasteiger partial charge in [0.05, 0.1) is 25.2 Å². The average Bonchev–Trinajstić information content (AvgIpc) is 3.25. The molecule has 2 aliphatic rings. The van der Waals surface area contributed by atoms with Crippen LogP contribution < -0.4 is 0 Å². The number of fused-ring (bicyclic) bond motifs is 2. The molecule has 2 aliphatic heterocycles. The first-order valence-electron chi connectivity index (χ1n) is 9.26. The van der Waals surface area contributed by atoms with Crippen LogP contribution in [0.2, 0.25) is 0 Å². The summed E-state index contributed by atoms with van der Waals surface area (Å²) in [6.45, 7) is 5.40. The lowest BCUT2D eigenvalue weighted by Gasteiger charge is -2.25. The van der Waals surface area contributed by atoms with Crippen LogP contribution in [-0.2, 0) is 20.7 Å². The van der Waals surface area contributed by atoms with Gasteiger partial charge >= 0.3 is 0 Å². The highest BCUT2D eigenvalue weighted by atomic mass is 16.5. The third-order valence-corrected chi connectivity index (χ3v) is 5.71. The van der Waals surface area contributed by atoms with Crippen molar-refractivity contribution in [3.63, 3.8) is 0 Å². The van der Waals surface area contributed by atoms with E-state index < -0.39 is 0 Å². The van der Waals surface area contributed by atoms with Crippen molar-refractivity contribution in [2.24, 2.45) is 0 Å². The average molecular weight is 372 g/mol. The van der Waals surface area contributed by atoms with Crippen LogP contribution in [-0.4, -0.2) is 80.1 Å². The molecule has 2 aromatic rings. The monoisotopic (exact) mass is 372 g/mol. The predicted octanol–water partition coefficient (Wildman–Crippen LogP) is 0.132. The number of rotatable bonds is 3. The van der Waals surface area contributed by atoms with Gasteiger partial charge in [-0.3, -0.25) is 9.59 Å². The Balaban J connectivity index is 1.44. The van der Waals surface area contributed by atoms with Gasteiger partial charge in [0.15, 0.2) is 0 Å². The smallest absolute Gasteiger partial charge is 0.252 e. The Hall–Kier alpha value is -2.55. The minimum Gasteiger partial charge on any atom is -0.374 e. The molecule has 2 fully saturated rings. The van der Waals surface area contributed by atoms with Crippen LogP contribution in [0.4, 0.5) is 0 Å². The zero-order valence-electron chi connectivity index (χ0n) is 15.9. The number of hydrogen-bond donors (Lipinski definition) is 0. The number of carbonyl (C=O) groups is 2. The number of aromatic nitrogens is 4. The quantitative estimate of drug-likeness (QED) is 0.760. The summed E-state index contributed by atoms with van der Waals surface area (Å²) in [4.78, 5) is 36.9. The Morgan fingerprint density at radius 3 is 2.96 bits per heavy atom. The fraction of sp³-hybridized carbons (Fsp3) is 0.611. The third-order valence-electron chi connectivity index (χ3n) is 5.71. The Bertz CT molecular complexity index is 895. The first kappa shape index (κ1) is 17.8. The highest BCUT2D eigenvalue weighted by Crippen LogP contribution is 2.23. The van der Waals surface area contributed by atoms with Crippen molar-refractivity contribution in [3.05, 3.63) is 23.3 Å². The van der Waals surface area contributed by atoms with Crippen LogP contribution in [0.1, 0.15) is 29.8 Å². The van der Waals surface area contributed by atoms with Crippen LogP contribution >= 0.6 is 0 Å². The minimum absolute atomic E-state index is 0.0550. The summed E-state index contributed by atoms with van der Waals surface area (Å²) < 4.78 is 7.51. The molecule has 0 radical (unpaired) electrons. The summed E-state index contributed by atoms with van der Waals surface area (Å²) in [5, 5.41) is 4.19. The fourth-order valence-electron chi connectivity index (χ4n) is 4.06. The zero-order chi connectivity index (χ0) is 19.1. The van der Waals surface area contributed by atoms with E-state index in [1.165, 1.54) is 6.33 Å². The molecule has 2 atom stereocenters. The second-order valence-corrected chi connectivity index (χ2v) is 7.26. The van der Waals surface area contributed by atoms with Crippen LogP contribution in [0.25, 0.3) is 5.78 Å². The lowest BCUT2D eigenvalue weighted by Crippen LogP contribution is -2.43. The summed E-state index contributed by atoms with van der Waals surface area (Å²) in [6, 6.07) is -0.0550. The van der Waals surface area contributed by atoms with E-state index in [1.807, 2.05) is 18.7 Å². The van der Waals surface area contributed by atoms with Gasteiger partial charge in [0.1, 0.15) is 6.33 Å². The standard InChI is InChI=1S/C18H24N6O3/c1-11-13(12(2)24-18(21-11)19-10-20-24)4-5-17(26)23-8-14-15(9-23)27-7-6-16(25)22(14)3/h10,14-15H,4-9H2,1-3H3/t14-,15-/m0/s1. The number of hydrogen-bond acceptors (Lipinski definition) is 6. The molecule has 0 aliphatic carbocycles. The van der Waals surface area contributed by atoms with Crippen LogP contribution in [0, 0.1) is 13.8 Å². The molecule has 0 N–H and O–H groups in total. The molecular weight excluding hydrogens is 348 g/mol. The van der Waals surface area contributed by atoms with E-state index in [0.29, 0.717) is 44.7 Å². The molecule has 0 spiro atoms. The lowest BCUT2D eigenvalue weighted by molar-refractivity contribution is -0.133. The SMILES string of the molecule is Cc1nc2ncnn2c(C)c1CCC(=O)N1C[C@@H]2OCCC(=O)N(C)[C@H]2C1. The van der Waals surface area contributed by atoms with Gasteiger partial charge in [-0.2, -0.15) is 10.1 Å². The number of likely N-dealkylation sites (tertiary alicyclic amines) is 1. The predicted molar refractivity (Wildman–Crippen MR) is 96.1 cm³/mol. The Kier molecular flexibility index (Phi) is 4.55. The maximum Gasteiger partial charge on any atom is 0.252 e. The number of carbonyl (C=O) groups excluding carboxylic acids is 2. The Morgan fingerprint density at radius 1 is 1.33 bits per heavy atom. The Labute approximate surface area is 157 Å². The van der Waals surface area contributed by atoms with Crippen LogP contribution in [0.5, 0.6) is 0 Å². The normalized spacial score (nSPS) is 23.0. The van der Waals surface area contributed by atoms with Gasteiger partial charge in [-0.25, -0.2) is 9.50 Å². The summed E-state index contributed by atoms with van der Waals surface area (Å²) >= 11 is 0. The maximum absolute atomic E-state index is 12.8. The molecule has 4 heterocycles. The summed E-state index contributed by atoms with van der Waals surface area (Å²) in [7, 11) is 1.80. The molecule has 144 valence electrons. The first-order valence-corrected chi connectivity index (χ1v) is 9.26. The maximum atomic E-state index is 12.8. The van der Waals surface area contributed by atoms with Gasteiger partial charge in [0, 0.05) is 37.9 Å². The highest BCUT2D eigenvalue weighted by molar-refractivity contribution is 5.79. The largest absolute Gasteiger partial charge is 0.374 e. The van der Waals surface area contributed by atoms with E-state index in [0.717, 1.165) is 17.0 Å². The van der Waals surface area contributed by atoms with E-state index >= 15 is 0 Å². The molecule has 9 heteroatoms. The number of aryl methyl sites for hydroxylation is 2. The molecule has 9 nitrogen and oxygen atoms in total. The first-order chi connectivity index (χ1) is 13.0. The van der Waals surface area contributed by atoms with Crippen molar-refractivity contribution in [1.82, 2.24) is 29.4 Å². The highest BCUT2D eigenvalue weighted by Gasteiger charge is 2.41. The van der Waals surface area contributed by atoms with Gasteiger partial charge in [0.2, 0.25) is 11.8 Å². The second-order valence-electron chi connectivity index (χ2n) is 7.26. The van der Waals surface area contributed by atoms with Crippen molar-refractivity contribution >= 4 is 17.6 Å². The molecular formula is C18H24N6O3. The van der Waals surface area contributed by atoms with Crippen molar-refractivity contribution in [3.8, 4) is 0 Å². The number of nitrogens with zero attached hydrogens (tertiary/aromatic N) is 6. The van der Waals surface area contributed by atoms with Gasteiger partial charge in [0.25, 0.3) is 5.78 Å². The summed E-state index contributed by atoms with van der Waals surface area (Å²) in [5.41, 5.74) is 2.86. The Morgan fingerprint density at radius 2 is 2.15 bits per heavy atom. The fourth-order valence-corrected chi connectivity index (χ4v) is 4.06. The van der Waals surface area contributed by atoms with Gasteiger partial charge < -0.3 is 14.5 Å². The van der Waals surface area contributed by atoms with E-state index in [-0.39, 0.29) is 24.0 Å². The molecule has 4 rings (SSSR count). The molecule has 27 heavy (non-hydrogen) atoms. The van der Waals surface area contributed by atoms with Crippen LogP contribution in [0.3, 0.4) is 0 Å². The molecule has 2 amide bonds.